The maximum Gasteiger partial charge on any atom is 0.254 e. The van der Waals surface area contributed by atoms with Crippen LogP contribution in [0.25, 0.3) is 0 Å². The van der Waals surface area contributed by atoms with E-state index in [0.717, 1.165) is 12.1 Å². The smallest absolute Gasteiger partial charge is 0.254 e. The van der Waals surface area contributed by atoms with Crippen molar-refractivity contribution in [2.75, 3.05) is 0 Å². The maximum atomic E-state index is 12.3. The molecule has 2 nitrogen and oxygen atoms in total. The zero-order valence-electron chi connectivity index (χ0n) is 12.3. The SMILES string of the molecule is CC(C)(C)c1ccc2c(c1)CN(C(C)(C)C)C2=O. The molecule has 0 unspecified atom stereocenters. The monoisotopic (exact) mass is 245 g/mol. The number of rotatable bonds is 0. The van der Waals surface area contributed by atoms with E-state index in [0.29, 0.717) is 0 Å². The highest BCUT2D eigenvalue weighted by Gasteiger charge is 2.35. The summed E-state index contributed by atoms with van der Waals surface area (Å²) in [5.41, 5.74) is 3.36. The summed E-state index contributed by atoms with van der Waals surface area (Å²) in [6.45, 7) is 13.6. The number of carbonyl (C=O) groups excluding carboxylic acids is 1. The van der Waals surface area contributed by atoms with Crippen molar-refractivity contribution < 1.29 is 4.79 Å². The van der Waals surface area contributed by atoms with Crippen LogP contribution in [0.2, 0.25) is 0 Å². The van der Waals surface area contributed by atoms with Crippen molar-refractivity contribution >= 4 is 5.91 Å². The summed E-state index contributed by atoms with van der Waals surface area (Å²) in [7, 11) is 0. The van der Waals surface area contributed by atoms with Gasteiger partial charge < -0.3 is 4.90 Å². The second-order valence-electron chi connectivity index (χ2n) is 7.18. The van der Waals surface area contributed by atoms with Gasteiger partial charge in [-0.15, -0.1) is 0 Å². The van der Waals surface area contributed by atoms with E-state index in [4.69, 9.17) is 0 Å². The van der Waals surface area contributed by atoms with E-state index in [1.54, 1.807) is 0 Å². The zero-order chi connectivity index (χ0) is 13.7. The van der Waals surface area contributed by atoms with Gasteiger partial charge in [0.1, 0.15) is 0 Å². The van der Waals surface area contributed by atoms with Crippen molar-refractivity contribution in [3.05, 3.63) is 34.9 Å². The third-order valence-corrected chi connectivity index (χ3v) is 3.59. The molecule has 0 fully saturated rings. The van der Waals surface area contributed by atoms with Crippen LogP contribution in [0.1, 0.15) is 63.0 Å². The first-order chi connectivity index (χ1) is 8.10. The number of benzene rings is 1. The minimum atomic E-state index is -0.113. The summed E-state index contributed by atoms with van der Waals surface area (Å²) >= 11 is 0. The molecule has 18 heavy (non-hydrogen) atoms. The summed E-state index contributed by atoms with van der Waals surface area (Å²) in [6, 6.07) is 6.27. The van der Waals surface area contributed by atoms with Crippen LogP contribution in [0.15, 0.2) is 18.2 Å². The van der Waals surface area contributed by atoms with E-state index in [1.165, 1.54) is 11.1 Å². The molecular formula is C16H23NO. The Kier molecular flexibility index (Phi) is 2.80. The molecule has 0 aliphatic carbocycles. The minimum absolute atomic E-state index is 0.113. The summed E-state index contributed by atoms with van der Waals surface area (Å²) < 4.78 is 0. The second-order valence-corrected chi connectivity index (χ2v) is 7.18. The fraction of sp³-hybridized carbons (Fsp3) is 0.562. The first-order valence-corrected chi connectivity index (χ1v) is 6.56. The highest BCUT2D eigenvalue weighted by Crippen LogP contribution is 2.32. The van der Waals surface area contributed by atoms with Crippen LogP contribution in [0.5, 0.6) is 0 Å². The van der Waals surface area contributed by atoms with Crippen LogP contribution in [-0.2, 0) is 12.0 Å². The predicted molar refractivity (Wildman–Crippen MR) is 74.8 cm³/mol. The van der Waals surface area contributed by atoms with Gasteiger partial charge in [-0.05, 0) is 43.4 Å². The molecule has 1 amide bonds. The van der Waals surface area contributed by atoms with E-state index in [-0.39, 0.29) is 16.9 Å². The minimum Gasteiger partial charge on any atom is -0.329 e. The average molecular weight is 245 g/mol. The zero-order valence-corrected chi connectivity index (χ0v) is 12.3. The molecule has 2 rings (SSSR count). The lowest BCUT2D eigenvalue weighted by Gasteiger charge is -2.31. The van der Waals surface area contributed by atoms with E-state index in [2.05, 4.69) is 53.7 Å². The highest BCUT2D eigenvalue weighted by molar-refractivity contribution is 5.98. The molecule has 0 saturated heterocycles. The topological polar surface area (TPSA) is 20.3 Å². The second kappa shape index (κ2) is 3.84. The molecule has 0 spiro atoms. The molecule has 1 aliphatic heterocycles. The van der Waals surface area contributed by atoms with Gasteiger partial charge in [0.25, 0.3) is 5.91 Å². The summed E-state index contributed by atoms with van der Waals surface area (Å²) in [4.78, 5) is 14.3. The van der Waals surface area contributed by atoms with E-state index >= 15 is 0 Å². The van der Waals surface area contributed by atoms with Crippen LogP contribution < -0.4 is 0 Å². The molecule has 98 valence electrons. The van der Waals surface area contributed by atoms with Gasteiger partial charge >= 0.3 is 0 Å². The largest absolute Gasteiger partial charge is 0.329 e. The lowest BCUT2D eigenvalue weighted by molar-refractivity contribution is 0.0609. The molecule has 1 aromatic rings. The predicted octanol–water partition coefficient (Wildman–Crippen LogP) is 3.74. The Morgan fingerprint density at radius 1 is 1.06 bits per heavy atom. The van der Waals surface area contributed by atoms with Gasteiger partial charge in [-0.1, -0.05) is 32.9 Å². The van der Waals surface area contributed by atoms with Crippen molar-refractivity contribution in [2.24, 2.45) is 0 Å². The number of hydrogen-bond donors (Lipinski definition) is 0. The summed E-state index contributed by atoms with van der Waals surface area (Å²) in [6.07, 6.45) is 0. The molecule has 0 saturated carbocycles. The molecule has 0 N–H and O–H groups in total. The number of amides is 1. The van der Waals surface area contributed by atoms with E-state index in [1.807, 2.05) is 11.0 Å². The molecule has 0 radical (unpaired) electrons. The molecule has 1 heterocycles. The fourth-order valence-electron chi connectivity index (χ4n) is 2.33. The van der Waals surface area contributed by atoms with Gasteiger partial charge in [-0.2, -0.15) is 0 Å². The average Bonchev–Trinajstić information content (AvgIpc) is 2.54. The number of carbonyl (C=O) groups is 1. The van der Waals surface area contributed by atoms with Crippen molar-refractivity contribution in [3.8, 4) is 0 Å². The van der Waals surface area contributed by atoms with Crippen LogP contribution in [0, 0.1) is 0 Å². The van der Waals surface area contributed by atoms with Crippen LogP contribution in [0.3, 0.4) is 0 Å². The maximum absolute atomic E-state index is 12.3. The lowest BCUT2D eigenvalue weighted by Crippen LogP contribution is -2.41. The Labute approximate surface area is 110 Å². The fourth-order valence-corrected chi connectivity index (χ4v) is 2.33. The molecular weight excluding hydrogens is 222 g/mol. The van der Waals surface area contributed by atoms with Crippen molar-refractivity contribution in [3.63, 3.8) is 0 Å². The van der Waals surface area contributed by atoms with Gasteiger partial charge in [0, 0.05) is 17.6 Å². The van der Waals surface area contributed by atoms with Gasteiger partial charge in [0.05, 0.1) is 0 Å². The summed E-state index contributed by atoms with van der Waals surface area (Å²) in [5, 5.41) is 0. The Morgan fingerprint density at radius 2 is 1.67 bits per heavy atom. The van der Waals surface area contributed by atoms with E-state index < -0.39 is 0 Å². The number of nitrogens with zero attached hydrogens (tertiary/aromatic N) is 1. The standard InChI is InChI=1S/C16H23NO/c1-15(2,3)12-7-8-13-11(9-12)10-17(14(13)18)16(4,5)6/h7-9H,10H2,1-6H3. The molecule has 1 aromatic carbocycles. The molecule has 0 bridgehead atoms. The van der Waals surface area contributed by atoms with Gasteiger partial charge in [-0.25, -0.2) is 0 Å². The molecule has 0 atom stereocenters. The molecule has 1 aliphatic rings. The Hall–Kier alpha value is -1.31. The highest BCUT2D eigenvalue weighted by atomic mass is 16.2. The van der Waals surface area contributed by atoms with Crippen molar-refractivity contribution in [2.45, 2.75) is 59.0 Å². The summed E-state index contributed by atoms with van der Waals surface area (Å²) in [5.74, 6) is 0.165. The van der Waals surface area contributed by atoms with Crippen LogP contribution in [-0.4, -0.2) is 16.3 Å². The van der Waals surface area contributed by atoms with E-state index in [9.17, 15) is 4.79 Å². The Bertz CT molecular complexity index is 489. The van der Waals surface area contributed by atoms with Gasteiger partial charge in [0.2, 0.25) is 0 Å². The first-order valence-electron chi connectivity index (χ1n) is 6.56. The van der Waals surface area contributed by atoms with Crippen LogP contribution >= 0.6 is 0 Å². The van der Waals surface area contributed by atoms with Gasteiger partial charge in [-0.3, -0.25) is 4.79 Å². The Morgan fingerprint density at radius 3 is 2.17 bits per heavy atom. The lowest BCUT2D eigenvalue weighted by atomic mass is 9.85. The quantitative estimate of drug-likeness (QED) is 0.682. The Balaban J connectivity index is 2.41. The van der Waals surface area contributed by atoms with Crippen molar-refractivity contribution in [1.29, 1.82) is 0 Å². The number of fused-ring (bicyclic) bond motifs is 1. The first kappa shape index (κ1) is 13.1. The van der Waals surface area contributed by atoms with Gasteiger partial charge in [0.15, 0.2) is 0 Å². The third kappa shape index (κ3) is 2.16. The number of hydrogen-bond acceptors (Lipinski definition) is 1. The van der Waals surface area contributed by atoms with Crippen LogP contribution in [0.4, 0.5) is 0 Å². The van der Waals surface area contributed by atoms with Crippen molar-refractivity contribution in [1.82, 2.24) is 4.90 Å². The normalized spacial score (nSPS) is 16.1. The third-order valence-electron chi connectivity index (χ3n) is 3.59. The molecule has 2 heteroatoms. The molecule has 0 aromatic heterocycles.